The summed E-state index contributed by atoms with van der Waals surface area (Å²) in [7, 11) is 0. The SMILES string of the molecule is CC(C)[C@H](NC(=O)Cc1cccc2ccccc12)C(=O)O[C@H](C)C(=O)Nc1cc(Cl)ccc1Cl. The molecular weight excluding hydrogens is 475 g/mol. The van der Waals surface area contributed by atoms with Crippen LogP contribution in [0.25, 0.3) is 10.8 Å². The number of rotatable bonds is 8. The van der Waals surface area contributed by atoms with Gasteiger partial charge in [0.1, 0.15) is 6.04 Å². The summed E-state index contributed by atoms with van der Waals surface area (Å²) < 4.78 is 5.36. The van der Waals surface area contributed by atoms with Crippen molar-refractivity contribution >= 4 is 57.4 Å². The fourth-order valence-corrected chi connectivity index (χ4v) is 3.81. The predicted octanol–water partition coefficient (Wildman–Crippen LogP) is 5.40. The molecule has 6 nitrogen and oxygen atoms in total. The van der Waals surface area contributed by atoms with E-state index in [9.17, 15) is 14.4 Å². The molecule has 0 fully saturated rings. The van der Waals surface area contributed by atoms with Gasteiger partial charge in [-0.25, -0.2) is 4.79 Å². The molecule has 0 aromatic heterocycles. The van der Waals surface area contributed by atoms with Crippen LogP contribution in [0.3, 0.4) is 0 Å². The van der Waals surface area contributed by atoms with Crippen molar-refractivity contribution in [3.05, 3.63) is 76.3 Å². The van der Waals surface area contributed by atoms with Gasteiger partial charge in [0.25, 0.3) is 5.91 Å². The standard InChI is InChI=1S/C26H26Cl2N2O4/c1-15(2)24(30-23(31)13-18-9-6-8-17-7-4-5-10-20(17)18)26(33)34-16(3)25(32)29-22-14-19(27)11-12-21(22)28/h4-12,14-16,24H,13H2,1-3H3,(H,29,32)(H,30,31)/t16-,24+/m1/s1. The molecule has 0 saturated heterocycles. The van der Waals surface area contributed by atoms with Gasteiger partial charge in [-0.3, -0.25) is 9.59 Å². The molecule has 2 atom stereocenters. The Hall–Kier alpha value is -3.09. The van der Waals surface area contributed by atoms with E-state index in [-0.39, 0.29) is 18.2 Å². The number of anilines is 1. The van der Waals surface area contributed by atoms with E-state index in [0.717, 1.165) is 16.3 Å². The topological polar surface area (TPSA) is 84.5 Å². The average Bonchev–Trinajstić information content (AvgIpc) is 2.79. The van der Waals surface area contributed by atoms with Crippen LogP contribution in [-0.2, 0) is 25.5 Å². The molecule has 178 valence electrons. The zero-order valence-corrected chi connectivity index (χ0v) is 20.6. The van der Waals surface area contributed by atoms with E-state index >= 15 is 0 Å². The van der Waals surface area contributed by atoms with E-state index in [2.05, 4.69) is 10.6 Å². The molecule has 0 spiro atoms. The number of carbonyl (C=O) groups excluding carboxylic acids is 3. The van der Waals surface area contributed by atoms with Gasteiger partial charge in [-0.1, -0.05) is 79.5 Å². The number of esters is 1. The predicted molar refractivity (Wildman–Crippen MR) is 135 cm³/mol. The number of ether oxygens (including phenoxy) is 1. The molecule has 0 unspecified atom stereocenters. The second-order valence-corrected chi connectivity index (χ2v) is 9.14. The quantitative estimate of drug-likeness (QED) is 0.405. The molecule has 0 bridgehead atoms. The van der Waals surface area contributed by atoms with Gasteiger partial charge in [-0.2, -0.15) is 0 Å². The van der Waals surface area contributed by atoms with Crippen LogP contribution in [0.4, 0.5) is 5.69 Å². The summed E-state index contributed by atoms with van der Waals surface area (Å²) >= 11 is 12.0. The Kier molecular flexibility index (Phi) is 8.53. The number of halogens is 2. The monoisotopic (exact) mass is 500 g/mol. The molecule has 2 amide bonds. The van der Waals surface area contributed by atoms with Gasteiger partial charge in [0.05, 0.1) is 17.1 Å². The van der Waals surface area contributed by atoms with E-state index in [1.807, 2.05) is 42.5 Å². The van der Waals surface area contributed by atoms with E-state index in [4.69, 9.17) is 27.9 Å². The third kappa shape index (κ3) is 6.49. The number of hydrogen-bond acceptors (Lipinski definition) is 4. The van der Waals surface area contributed by atoms with E-state index < -0.39 is 24.0 Å². The lowest BCUT2D eigenvalue weighted by molar-refractivity contribution is -0.157. The highest BCUT2D eigenvalue weighted by Gasteiger charge is 2.29. The van der Waals surface area contributed by atoms with Crippen LogP contribution >= 0.6 is 23.2 Å². The zero-order valence-electron chi connectivity index (χ0n) is 19.1. The maximum absolute atomic E-state index is 12.8. The van der Waals surface area contributed by atoms with Gasteiger partial charge >= 0.3 is 5.97 Å². The van der Waals surface area contributed by atoms with Crippen LogP contribution < -0.4 is 10.6 Å². The first-order valence-corrected chi connectivity index (χ1v) is 11.6. The van der Waals surface area contributed by atoms with Crippen LogP contribution in [-0.4, -0.2) is 29.9 Å². The molecule has 3 rings (SSSR count). The molecule has 34 heavy (non-hydrogen) atoms. The number of amides is 2. The maximum Gasteiger partial charge on any atom is 0.329 e. The van der Waals surface area contributed by atoms with Crippen molar-refractivity contribution in [3.8, 4) is 0 Å². The van der Waals surface area contributed by atoms with Crippen LogP contribution in [0, 0.1) is 5.92 Å². The molecule has 3 aromatic rings. The molecule has 0 saturated carbocycles. The second-order valence-electron chi connectivity index (χ2n) is 8.30. The normalized spacial score (nSPS) is 12.8. The molecule has 0 aliphatic carbocycles. The lowest BCUT2D eigenvalue weighted by Crippen LogP contribution is -2.47. The summed E-state index contributed by atoms with van der Waals surface area (Å²) in [6.07, 6.45) is -1.000. The Morgan fingerprint density at radius 3 is 2.38 bits per heavy atom. The summed E-state index contributed by atoms with van der Waals surface area (Å²) in [6.45, 7) is 5.03. The first-order chi connectivity index (χ1) is 16.2. The zero-order chi connectivity index (χ0) is 24.8. The third-order valence-electron chi connectivity index (χ3n) is 5.32. The summed E-state index contributed by atoms with van der Waals surface area (Å²) in [4.78, 5) is 38.1. The van der Waals surface area contributed by atoms with E-state index in [1.165, 1.54) is 13.0 Å². The summed E-state index contributed by atoms with van der Waals surface area (Å²) in [5.41, 5.74) is 1.17. The molecular formula is C26H26Cl2N2O4. The minimum Gasteiger partial charge on any atom is -0.451 e. The van der Waals surface area contributed by atoms with Gasteiger partial charge < -0.3 is 15.4 Å². The number of fused-ring (bicyclic) bond motifs is 1. The Morgan fingerprint density at radius 1 is 0.941 bits per heavy atom. The Bertz CT molecular complexity index is 1210. The minimum atomic E-state index is -1.11. The van der Waals surface area contributed by atoms with Crippen molar-refractivity contribution < 1.29 is 19.1 Å². The van der Waals surface area contributed by atoms with Crippen LogP contribution in [0.2, 0.25) is 10.0 Å². The van der Waals surface area contributed by atoms with Crippen molar-refractivity contribution in [3.63, 3.8) is 0 Å². The Labute approximate surface area is 208 Å². The lowest BCUT2D eigenvalue weighted by Gasteiger charge is -2.23. The molecule has 8 heteroatoms. The van der Waals surface area contributed by atoms with Crippen LogP contribution in [0.1, 0.15) is 26.3 Å². The summed E-state index contributed by atoms with van der Waals surface area (Å²) in [5.74, 6) is -1.82. The van der Waals surface area contributed by atoms with Crippen LogP contribution in [0.15, 0.2) is 60.7 Å². The van der Waals surface area contributed by atoms with Crippen molar-refractivity contribution in [1.29, 1.82) is 0 Å². The first kappa shape index (κ1) is 25.5. The highest BCUT2D eigenvalue weighted by molar-refractivity contribution is 6.35. The summed E-state index contributed by atoms with van der Waals surface area (Å²) in [6, 6.07) is 17.3. The van der Waals surface area contributed by atoms with Gasteiger partial charge in [0, 0.05) is 5.02 Å². The fourth-order valence-electron chi connectivity index (χ4n) is 3.47. The smallest absolute Gasteiger partial charge is 0.329 e. The molecule has 0 aliphatic rings. The molecule has 2 N–H and O–H groups in total. The lowest BCUT2D eigenvalue weighted by atomic mass is 10.0. The van der Waals surface area contributed by atoms with Crippen molar-refractivity contribution in [2.24, 2.45) is 5.92 Å². The van der Waals surface area contributed by atoms with Gasteiger partial charge in [0.15, 0.2) is 6.10 Å². The molecule has 0 heterocycles. The number of benzene rings is 3. The van der Waals surface area contributed by atoms with E-state index in [0.29, 0.717) is 15.7 Å². The maximum atomic E-state index is 12.8. The van der Waals surface area contributed by atoms with Crippen molar-refractivity contribution in [2.45, 2.75) is 39.3 Å². The molecule has 3 aromatic carbocycles. The first-order valence-electron chi connectivity index (χ1n) is 10.9. The molecule has 0 radical (unpaired) electrons. The number of carbonyl (C=O) groups is 3. The van der Waals surface area contributed by atoms with Crippen molar-refractivity contribution in [1.82, 2.24) is 5.32 Å². The Balaban J connectivity index is 1.63. The van der Waals surface area contributed by atoms with Gasteiger partial charge in [0.2, 0.25) is 5.91 Å². The highest BCUT2D eigenvalue weighted by Crippen LogP contribution is 2.25. The fraction of sp³-hybridized carbons (Fsp3) is 0.269. The highest BCUT2D eigenvalue weighted by atomic mass is 35.5. The van der Waals surface area contributed by atoms with Crippen molar-refractivity contribution in [2.75, 3.05) is 5.32 Å². The average molecular weight is 501 g/mol. The van der Waals surface area contributed by atoms with Gasteiger partial charge in [-0.05, 0) is 47.4 Å². The van der Waals surface area contributed by atoms with Gasteiger partial charge in [-0.15, -0.1) is 0 Å². The number of nitrogens with one attached hydrogen (secondary N) is 2. The third-order valence-corrected chi connectivity index (χ3v) is 5.88. The second kappa shape index (κ2) is 11.4. The Morgan fingerprint density at radius 2 is 1.65 bits per heavy atom. The largest absolute Gasteiger partial charge is 0.451 e. The van der Waals surface area contributed by atoms with Crippen LogP contribution in [0.5, 0.6) is 0 Å². The summed E-state index contributed by atoms with van der Waals surface area (Å²) in [5, 5.41) is 8.07. The number of hydrogen-bond donors (Lipinski definition) is 2. The van der Waals surface area contributed by atoms with E-state index in [1.54, 1.807) is 26.0 Å². The minimum absolute atomic E-state index is 0.112. The molecule has 0 aliphatic heterocycles.